The number of hydrogen-bond acceptors (Lipinski definition) is 6. The van der Waals surface area contributed by atoms with Crippen molar-refractivity contribution in [1.29, 1.82) is 31.6 Å². The van der Waals surface area contributed by atoms with Crippen LogP contribution in [0.5, 0.6) is 0 Å². The summed E-state index contributed by atoms with van der Waals surface area (Å²) in [4.78, 5) is 14.5. The summed E-state index contributed by atoms with van der Waals surface area (Å²) in [6.45, 7) is 33.0. The predicted molar refractivity (Wildman–Crippen MR) is 346 cm³/mol. The van der Waals surface area contributed by atoms with E-state index in [2.05, 4.69) is 77.1 Å². The van der Waals surface area contributed by atoms with E-state index in [-0.39, 0.29) is 0 Å². The molecule has 11 aromatic carbocycles. The molecule has 0 atom stereocenters. The molecule has 404 valence electrons. The molecule has 2 aromatic heterocycles. The first-order valence-corrected chi connectivity index (χ1v) is 27.6. The maximum Gasteiger partial charge on any atom is 0.188 e. The van der Waals surface area contributed by atoms with E-state index in [4.69, 9.17) is 26.3 Å². The van der Waals surface area contributed by atoms with Crippen LogP contribution in [0, 0.1) is 101 Å². The quantitative estimate of drug-likeness (QED) is 0.137. The van der Waals surface area contributed by atoms with Gasteiger partial charge in [0.25, 0.3) is 0 Å². The molecule has 0 aliphatic rings. The van der Waals surface area contributed by atoms with E-state index in [1.807, 2.05) is 110 Å². The normalized spacial score (nSPS) is 10.6. The monoisotopic (exact) mass is 1130 g/mol. The molecule has 0 saturated heterocycles. The Bertz CT molecular complexity index is 5510. The van der Waals surface area contributed by atoms with E-state index in [1.165, 1.54) is 0 Å². The molecule has 13 aromatic rings. The largest absolute Gasteiger partial charge is 0.309 e. The zero-order valence-electron chi connectivity index (χ0n) is 46.9. The van der Waals surface area contributed by atoms with Crippen LogP contribution in [0.4, 0.5) is 22.7 Å². The molecule has 0 aliphatic heterocycles. The van der Waals surface area contributed by atoms with E-state index < -0.39 is 0 Å². The molecule has 0 amide bonds. The molecule has 0 fully saturated rings. The fourth-order valence-corrected chi connectivity index (χ4v) is 12.2. The standard InChI is InChI=1S/C77H36N12/c1-45-28-46(39-78)6-17-60(45)65-22-16-59(88-73-24-9-50(62-19-13-56(84-2)31-54(62)43-82)33-68(73)69-36-52(12-25-74(69)88)64-21-15-58(86-4)37-72(64)87-5)38-66(65)67-30-48(41-80)8-23-75(67)89-76-26-10-49(61-18-7-47(40-79)29-53(61)42-81)34-70(76)71-35-51(11-27-77(71)89)63-20-14-57(85-3)32-55(63)44-83/h6-38H,1H3. The van der Waals surface area contributed by atoms with Crippen molar-refractivity contribution in [1.82, 2.24) is 9.13 Å². The second kappa shape index (κ2) is 21.9. The van der Waals surface area contributed by atoms with Crippen molar-refractivity contribution in [3.8, 4) is 115 Å². The van der Waals surface area contributed by atoms with E-state index in [0.717, 1.165) is 93.8 Å². The van der Waals surface area contributed by atoms with Gasteiger partial charge in [-0.1, -0.05) is 84.9 Å². The topological polar surface area (TPSA) is 170 Å². The number of benzene rings is 11. The zero-order chi connectivity index (χ0) is 61.6. The van der Waals surface area contributed by atoms with Crippen LogP contribution >= 0.6 is 0 Å². The molecule has 0 saturated carbocycles. The highest BCUT2D eigenvalue weighted by Gasteiger charge is 2.24. The second-order valence-electron chi connectivity index (χ2n) is 21.1. The highest BCUT2D eigenvalue weighted by atomic mass is 15.0. The van der Waals surface area contributed by atoms with Crippen LogP contribution in [0.25, 0.3) is 141 Å². The first-order chi connectivity index (χ1) is 43.5. The Morgan fingerprint density at radius 3 is 1.18 bits per heavy atom. The summed E-state index contributed by atoms with van der Waals surface area (Å²) in [6.07, 6.45) is 0. The minimum atomic E-state index is 0.331. The van der Waals surface area contributed by atoms with E-state index in [1.54, 1.807) is 84.9 Å². The lowest BCUT2D eigenvalue weighted by Crippen LogP contribution is -2.01. The molecular formula is C77H36N12. The fourth-order valence-electron chi connectivity index (χ4n) is 12.2. The summed E-state index contributed by atoms with van der Waals surface area (Å²) < 4.78 is 4.32. The Kier molecular flexibility index (Phi) is 13.3. The summed E-state index contributed by atoms with van der Waals surface area (Å²) >= 11 is 0. The summed E-state index contributed by atoms with van der Waals surface area (Å²) in [7, 11) is 0. The van der Waals surface area contributed by atoms with Crippen molar-refractivity contribution in [3.05, 3.63) is 285 Å². The molecule has 0 aliphatic carbocycles. The van der Waals surface area contributed by atoms with Crippen LogP contribution < -0.4 is 0 Å². The maximum absolute atomic E-state index is 10.8. The average Bonchev–Trinajstić information content (AvgIpc) is 1.75. The van der Waals surface area contributed by atoms with Crippen molar-refractivity contribution >= 4 is 66.4 Å². The average molecular weight is 1130 g/mol. The van der Waals surface area contributed by atoms with E-state index in [9.17, 15) is 31.6 Å². The van der Waals surface area contributed by atoms with Gasteiger partial charge >= 0.3 is 0 Å². The van der Waals surface area contributed by atoms with Crippen molar-refractivity contribution < 1.29 is 0 Å². The van der Waals surface area contributed by atoms with Gasteiger partial charge in [-0.2, -0.15) is 31.6 Å². The predicted octanol–water partition coefficient (Wildman–Crippen LogP) is 19.6. The number of nitriles is 6. The molecule has 0 unspecified atom stereocenters. The van der Waals surface area contributed by atoms with Crippen LogP contribution in [0.15, 0.2) is 200 Å². The zero-order valence-corrected chi connectivity index (χ0v) is 46.9. The van der Waals surface area contributed by atoms with Gasteiger partial charge in [-0.15, -0.1) is 0 Å². The van der Waals surface area contributed by atoms with Crippen LogP contribution in [-0.2, 0) is 0 Å². The Labute approximate surface area is 510 Å². The van der Waals surface area contributed by atoms with Gasteiger partial charge in [-0.05, 0) is 189 Å². The van der Waals surface area contributed by atoms with Crippen LogP contribution in [0.2, 0.25) is 0 Å². The Hall–Kier alpha value is -14.1. The van der Waals surface area contributed by atoms with Crippen molar-refractivity contribution in [3.63, 3.8) is 0 Å². The fraction of sp³-hybridized carbons (Fsp3) is 0.0130. The van der Waals surface area contributed by atoms with Gasteiger partial charge in [-0.3, -0.25) is 0 Å². The molecule has 12 nitrogen and oxygen atoms in total. The van der Waals surface area contributed by atoms with Crippen LogP contribution in [-0.4, -0.2) is 9.13 Å². The number of aryl methyl sites for hydroxylation is 1. The SMILES string of the molecule is [C-]#[N+]c1ccc(-c2ccc3c(c2)c2cc(-c4ccc([N+]#[C-])cc4[N+]#[C-])ccc2n3-c2ccc(-c3ccc(C#N)cc3C)c(-c3cc(C#N)ccc3-n3c4ccc(-c5ccc(C#N)cc5C#N)cc4c4cc(-c5ccc([N+]#[C-])cc5C#N)ccc43)c2)c(C#N)c1. The highest BCUT2D eigenvalue weighted by Crippen LogP contribution is 2.47. The van der Waals surface area contributed by atoms with Gasteiger partial charge in [-0.25, -0.2) is 19.4 Å². The Morgan fingerprint density at radius 1 is 0.303 bits per heavy atom. The molecule has 2 heterocycles. The van der Waals surface area contributed by atoms with Crippen molar-refractivity contribution in [2.24, 2.45) is 0 Å². The number of aromatic nitrogens is 2. The lowest BCUT2D eigenvalue weighted by atomic mass is 9.89. The summed E-state index contributed by atoms with van der Waals surface area (Å²) in [5.41, 5.74) is 17.7. The molecule has 0 radical (unpaired) electrons. The maximum atomic E-state index is 10.8. The number of rotatable bonds is 8. The lowest BCUT2D eigenvalue weighted by Gasteiger charge is -2.20. The van der Waals surface area contributed by atoms with Crippen molar-refractivity contribution in [2.75, 3.05) is 0 Å². The van der Waals surface area contributed by atoms with Crippen molar-refractivity contribution in [2.45, 2.75) is 6.92 Å². The summed E-state index contributed by atoms with van der Waals surface area (Å²) in [6, 6.07) is 75.3. The van der Waals surface area contributed by atoms with Gasteiger partial charge in [0, 0.05) is 43.9 Å². The highest BCUT2D eigenvalue weighted by molar-refractivity contribution is 6.14. The Balaban J connectivity index is 1.10. The molecular weight excluding hydrogens is 1090 g/mol. The van der Waals surface area contributed by atoms with Gasteiger partial charge < -0.3 is 9.13 Å². The molecule has 0 N–H and O–H groups in total. The van der Waals surface area contributed by atoms with Crippen LogP contribution in [0.3, 0.4) is 0 Å². The first kappa shape index (κ1) is 54.2. The minimum absolute atomic E-state index is 0.331. The van der Waals surface area contributed by atoms with Gasteiger partial charge in [0.05, 0.1) is 113 Å². The van der Waals surface area contributed by atoms with E-state index in [0.29, 0.717) is 89.6 Å². The van der Waals surface area contributed by atoms with E-state index >= 15 is 0 Å². The van der Waals surface area contributed by atoms with Gasteiger partial charge in [0.2, 0.25) is 0 Å². The van der Waals surface area contributed by atoms with Gasteiger partial charge in [0.1, 0.15) is 0 Å². The van der Waals surface area contributed by atoms with Gasteiger partial charge in [0.15, 0.2) is 22.7 Å². The second-order valence-corrected chi connectivity index (χ2v) is 21.1. The third-order valence-electron chi connectivity index (χ3n) is 16.3. The Morgan fingerprint density at radius 2 is 0.708 bits per heavy atom. The van der Waals surface area contributed by atoms with Crippen LogP contribution in [0.1, 0.15) is 38.9 Å². The lowest BCUT2D eigenvalue weighted by molar-refractivity contribution is 1.17. The number of nitrogens with zero attached hydrogens (tertiary/aromatic N) is 12. The first-order valence-electron chi connectivity index (χ1n) is 27.6. The molecule has 0 bridgehead atoms. The number of fused-ring (bicyclic) bond motifs is 6. The molecule has 89 heavy (non-hydrogen) atoms. The molecule has 0 spiro atoms. The minimum Gasteiger partial charge on any atom is -0.309 e. The smallest absolute Gasteiger partial charge is 0.188 e. The molecule has 13 rings (SSSR count). The number of hydrogen-bond donors (Lipinski definition) is 0. The third-order valence-corrected chi connectivity index (χ3v) is 16.3. The summed E-state index contributed by atoms with van der Waals surface area (Å²) in [5, 5.41) is 65.1. The molecule has 12 heteroatoms. The summed E-state index contributed by atoms with van der Waals surface area (Å²) in [5.74, 6) is 0. The third kappa shape index (κ3) is 9.11.